The number of benzene rings is 1. The highest BCUT2D eigenvalue weighted by molar-refractivity contribution is 6.02. The lowest BCUT2D eigenvalue weighted by Crippen LogP contribution is -2.63. The van der Waals surface area contributed by atoms with Crippen LogP contribution >= 0.6 is 0 Å². The zero-order chi connectivity index (χ0) is 84.7. The van der Waals surface area contributed by atoms with Crippen molar-refractivity contribution in [3.8, 4) is 5.75 Å². The number of rotatable bonds is 53. The Morgan fingerprint density at radius 3 is 1.08 bits per heavy atom. The van der Waals surface area contributed by atoms with Gasteiger partial charge in [0.2, 0.25) is 65.0 Å². The molecule has 0 spiro atoms. The summed E-state index contributed by atoms with van der Waals surface area (Å²) in [7, 11) is 0. The van der Waals surface area contributed by atoms with Crippen molar-refractivity contribution in [3.63, 3.8) is 0 Å². The Morgan fingerprint density at radius 1 is 0.378 bits per heavy atom. The number of aliphatic hydroxyl groups is 2. The normalized spacial score (nSPS) is 15.9. The average molecular weight is 1570 g/mol. The van der Waals surface area contributed by atoms with Crippen LogP contribution < -0.4 is 86.3 Å². The standard InChI is InChI=1S/C79H140N16O16/c1-20-49(18)65(95-70(102)56(30-27-37-82)84-71(103)57(38-42(4)5)87-67(99)53(22-3)83-79(111)66(98)50(19)21-2)78(110)94-64(48(16)17)77(109)93-62(46(12)13)75(107)86-55(29-24-26-36-81)69(101)91-63(47(14)15)76(108)92-61(45(10)11)74(106)85-54(28-23-25-35-80)68(100)89-59(40-51-31-33-52(97)34-32-51)73(105)88-58(39-43(6)7)72(104)90-60(41-96)44(8)9/h22,31-34,42-50,54-66,96-98H,20-21,23-30,35-41,80-82H2,1-19H3,(H,83,111)(H,84,103)(H,85,106)(H,86,107)(H,87,99)(H,88,105)(H,89,100)(H,90,104)(H,91,101)(H,92,108)(H,93,109)(H,94,110)(H,95,102). The Hall–Kier alpha value is -8.33. The topological polar surface area (TPSA) is 517 Å². The number of aromatic hydroxyl groups is 1. The molecule has 632 valence electrons. The third kappa shape index (κ3) is 35.9. The van der Waals surface area contributed by atoms with Gasteiger partial charge in [-0.1, -0.05) is 156 Å². The molecule has 0 bridgehead atoms. The molecular weight excluding hydrogens is 1430 g/mol. The second-order valence-corrected chi connectivity index (χ2v) is 31.8. The second kappa shape index (κ2) is 52.1. The molecule has 0 aromatic heterocycles. The zero-order valence-corrected chi connectivity index (χ0v) is 69.5. The number of carbonyl (C=O) groups is 13. The predicted octanol–water partition coefficient (Wildman–Crippen LogP) is 1.59. The van der Waals surface area contributed by atoms with Crippen LogP contribution in [0.1, 0.15) is 214 Å². The fraction of sp³-hybridized carbons (Fsp3) is 0.734. The average Bonchev–Trinajstić information content (AvgIpc) is 0.845. The highest BCUT2D eigenvalue weighted by Gasteiger charge is 2.40. The van der Waals surface area contributed by atoms with E-state index in [1.54, 1.807) is 95.2 Å². The molecule has 13 amide bonds. The van der Waals surface area contributed by atoms with Crippen LogP contribution in [-0.4, -0.2) is 197 Å². The molecule has 0 fully saturated rings. The van der Waals surface area contributed by atoms with Crippen molar-refractivity contribution < 1.29 is 77.6 Å². The molecular formula is C79H140N16O16. The van der Waals surface area contributed by atoms with Crippen molar-refractivity contribution in [2.75, 3.05) is 26.2 Å². The number of nitrogens with one attached hydrogen (secondary N) is 13. The Morgan fingerprint density at radius 2 is 0.703 bits per heavy atom. The number of allylic oxidation sites excluding steroid dienone is 1. The van der Waals surface area contributed by atoms with Crippen LogP contribution in [0.2, 0.25) is 0 Å². The summed E-state index contributed by atoms with van der Waals surface area (Å²) in [6.45, 7) is 33.1. The number of amides is 13. The van der Waals surface area contributed by atoms with Crippen LogP contribution in [0.15, 0.2) is 36.0 Å². The summed E-state index contributed by atoms with van der Waals surface area (Å²) in [4.78, 5) is 185. The summed E-state index contributed by atoms with van der Waals surface area (Å²) in [5.41, 5.74) is 18.0. The largest absolute Gasteiger partial charge is 0.508 e. The lowest BCUT2D eigenvalue weighted by Gasteiger charge is -2.32. The highest BCUT2D eigenvalue weighted by atomic mass is 16.3. The van der Waals surface area contributed by atoms with Crippen LogP contribution in [0.3, 0.4) is 0 Å². The third-order valence-electron chi connectivity index (χ3n) is 19.5. The summed E-state index contributed by atoms with van der Waals surface area (Å²) in [6.07, 6.45) is 2.90. The first-order valence-corrected chi connectivity index (χ1v) is 39.9. The third-order valence-corrected chi connectivity index (χ3v) is 19.5. The number of phenols is 1. The number of hydrogen-bond donors (Lipinski definition) is 19. The van der Waals surface area contributed by atoms with Crippen molar-refractivity contribution in [2.24, 2.45) is 70.5 Å². The maximum atomic E-state index is 14.6. The summed E-state index contributed by atoms with van der Waals surface area (Å²) in [5, 5.41) is 66.2. The minimum absolute atomic E-state index is 0.0212. The first-order chi connectivity index (χ1) is 52.1. The van der Waals surface area contributed by atoms with Gasteiger partial charge in [-0.2, -0.15) is 0 Å². The van der Waals surface area contributed by atoms with Gasteiger partial charge in [0.15, 0.2) is 0 Å². The molecule has 0 saturated heterocycles. The van der Waals surface area contributed by atoms with E-state index in [1.807, 2.05) is 41.5 Å². The maximum absolute atomic E-state index is 14.6. The van der Waals surface area contributed by atoms with Crippen molar-refractivity contribution in [2.45, 2.75) is 294 Å². The van der Waals surface area contributed by atoms with Crippen molar-refractivity contribution in [1.29, 1.82) is 0 Å². The molecule has 1 aromatic carbocycles. The molecule has 32 heteroatoms. The van der Waals surface area contributed by atoms with Gasteiger partial charge >= 0.3 is 0 Å². The lowest BCUT2D eigenvalue weighted by molar-refractivity contribution is -0.137. The van der Waals surface area contributed by atoms with Crippen molar-refractivity contribution in [3.05, 3.63) is 41.6 Å². The molecule has 111 heavy (non-hydrogen) atoms. The first-order valence-electron chi connectivity index (χ1n) is 39.9. The SMILES string of the molecule is CC=C(NC(=O)C(O)C(C)CC)C(=O)NC(CC(C)C)C(=O)NC(CCCN)C(=O)NC(C(=O)NC(C(=O)NC(C(=O)NC(CCCCN)C(=O)NC(C(=O)NC(C(=O)NC(CCCCN)C(=O)NC(Cc1ccc(O)cc1)C(=O)NC(CC(C)C)C(=O)NC(CO)C(C)C)C(C)C)C(C)C)C(C)C)C(C)C)C(C)CC. The molecule has 0 heterocycles. The van der Waals surface area contributed by atoms with Crippen LogP contribution in [-0.2, 0) is 68.7 Å². The Bertz CT molecular complexity index is 3150. The lowest BCUT2D eigenvalue weighted by atomic mass is 9.95. The molecule has 1 rings (SSSR count). The fourth-order valence-corrected chi connectivity index (χ4v) is 11.9. The van der Waals surface area contributed by atoms with Crippen LogP contribution in [0, 0.1) is 53.3 Å². The summed E-state index contributed by atoms with van der Waals surface area (Å²) in [6, 6.07) is -8.69. The predicted molar refractivity (Wildman–Crippen MR) is 426 cm³/mol. The highest BCUT2D eigenvalue weighted by Crippen LogP contribution is 2.19. The van der Waals surface area contributed by atoms with Gasteiger partial charge in [0.05, 0.1) is 12.6 Å². The van der Waals surface area contributed by atoms with Crippen LogP contribution in [0.4, 0.5) is 0 Å². The van der Waals surface area contributed by atoms with E-state index in [-0.39, 0.29) is 100 Å². The number of hydrogen-bond acceptors (Lipinski definition) is 19. The molecule has 0 saturated carbocycles. The van der Waals surface area contributed by atoms with E-state index in [0.29, 0.717) is 44.1 Å². The summed E-state index contributed by atoms with van der Waals surface area (Å²) >= 11 is 0. The molecule has 0 aliphatic rings. The molecule has 15 atom stereocenters. The molecule has 32 nitrogen and oxygen atoms in total. The minimum atomic E-state index is -1.40. The molecule has 0 aliphatic heterocycles. The van der Waals surface area contributed by atoms with Gasteiger partial charge in [-0.25, -0.2) is 0 Å². The molecule has 1 aromatic rings. The fourth-order valence-electron chi connectivity index (χ4n) is 11.9. The molecule has 0 radical (unpaired) electrons. The molecule has 22 N–H and O–H groups in total. The van der Waals surface area contributed by atoms with E-state index >= 15 is 0 Å². The Kier molecular flexibility index (Phi) is 47.2. The smallest absolute Gasteiger partial charge is 0.268 e. The number of nitrogens with two attached hydrogens (primary N) is 3. The monoisotopic (exact) mass is 1570 g/mol. The van der Waals surface area contributed by atoms with Gasteiger partial charge in [-0.05, 0) is 162 Å². The quantitative estimate of drug-likeness (QED) is 0.0325. The number of carbonyl (C=O) groups excluding carboxylic acids is 13. The van der Waals surface area contributed by atoms with Crippen LogP contribution in [0.25, 0.3) is 0 Å². The van der Waals surface area contributed by atoms with E-state index in [4.69, 9.17) is 17.2 Å². The summed E-state index contributed by atoms with van der Waals surface area (Å²) in [5.74, 6) is -13.7. The van der Waals surface area contributed by atoms with E-state index in [9.17, 15) is 77.6 Å². The maximum Gasteiger partial charge on any atom is 0.268 e. The van der Waals surface area contributed by atoms with E-state index in [0.717, 1.165) is 0 Å². The minimum Gasteiger partial charge on any atom is -0.508 e. The number of unbranched alkanes of at least 4 members (excludes halogenated alkanes) is 2. The Labute approximate surface area is 658 Å². The first kappa shape index (κ1) is 101. The van der Waals surface area contributed by atoms with E-state index < -0.39 is 191 Å². The number of aliphatic hydroxyl groups excluding tert-OH is 2. The van der Waals surface area contributed by atoms with Gasteiger partial charge in [0.25, 0.3) is 11.8 Å². The van der Waals surface area contributed by atoms with Crippen molar-refractivity contribution in [1.82, 2.24) is 69.1 Å². The van der Waals surface area contributed by atoms with E-state index in [1.165, 1.54) is 25.1 Å². The van der Waals surface area contributed by atoms with E-state index in [2.05, 4.69) is 69.1 Å². The van der Waals surface area contributed by atoms with Gasteiger partial charge in [0, 0.05) is 6.42 Å². The number of phenolic OH excluding ortho intramolecular Hbond substituents is 1. The van der Waals surface area contributed by atoms with Crippen molar-refractivity contribution >= 4 is 76.8 Å². The Balaban J connectivity index is 3.61. The van der Waals surface area contributed by atoms with Gasteiger partial charge in [-0.3, -0.25) is 62.3 Å². The molecule has 0 aliphatic carbocycles. The zero-order valence-electron chi connectivity index (χ0n) is 69.5. The second-order valence-electron chi connectivity index (χ2n) is 31.8. The van der Waals surface area contributed by atoms with Gasteiger partial charge in [0.1, 0.15) is 84.0 Å². The van der Waals surface area contributed by atoms with Crippen LogP contribution in [0.5, 0.6) is 5.75 Å². The van der Waals surface area contributed by atoms with Gasteiger partial charge < -0.3 is 102 Å². The van der Waals surface area contributed by atoms with Gasteiger partial charge in [-0.15, -0.1) is 0 Å². The summed E-state index contributed by atoms with van der Waals surface area (Å²) < 4.78 is 0. The molecule has 15 unspecified atom stereocenters.